The maximum Gasteiger partial charge on any atom is 0.271 e. The number of hydrazone groups is 1. The van der Waals surface area contributed by atoms with Gasteiger partial charge in [0.1, 0.15) is 11.5 Å². The molecular weight excluding hydrogens is 340 g/mol. The second kappa shape index (κ2) is 8.85. The number of hydrogen-bond donors (Lipinski definition) is 1. The number of rotatable bonds is 7. The van der Waals surface area contributed by atoms with Gasteiger partial charge in [-0.1, -0.05) is 30.3 Å². The van der Waals surface area contributed by atoms with E-state index < -0.39 is 0 Å². The number of nitrogens with zero attached hydrogens (tertiary/aromatic N) is 1. The quantitative estimate of drug-likeness (QED) is 0.500. The lowest BCUT2D eigenvalue weighted by Gasteiger charge is -2.10. The van der Waals surface area contributed by atoms with Gasteiger partial charge in [-0.05, 0) is 55.0 Å². The minimum atomic E-state index is -0.285. The minimum absolute atomic E-state index is 0.285. The van der Waals surface area contributed by atoms with Crippen LogP contribution in [-0.2, 0) is 0 Å². The zero-order valence-corrected chi connectivity index (χ0v) is 15.4. The Labute approximate surface area is 158 Å². The molecule has 0 aromatic heterocycles. The molecule has 5 nitrogen and oxygen atoms in total. The predicted molar refractivity (Wildman–Crippen MR) is 108 cm³/mol. The molecular formula is C22H22N2O3. The first-order valence-electron chi connectivity index (χ1n) is 8.93. The van der Waals surface area contributed by atoms with Gasteiger partial charge in [-0.3, -0.25) is 4.79 Å². The second-order valence-corrected chi connectivity index (χ2v) is 5.79. The summed E-state index contributed by atoms with van der Waals surface area (Å²) in [6.07, 6.45) is 1.62. The van der Waals surface area contributed by atoms with Crippen molar-refractivity contribution in [2.45, 2.75) is 13.8 Å². The summed E-state index contributed by atoms with van der Waals surface area (Å²) in [5.41, 5.74) is 3.91. The second-order valence-electron chi connectivity index (χ2n) is 5.79. The first kappa shape index (κ1) is 18.5. The Morgan fingerprint density at radius 2 is 1.70 bits per heavy atom. The smallest absolute Gasteiger partial charge is 0.271 e. The number of fused-ring (bicyclic) bond motifs is 1. The molecule has 0 saturated carbocycles. The van der Waals surface area contributed by atoms with E-state index >= 15 is 0 Å². The monoisotopic (exact) mass is 362 g/mol. The first-order valence-corrected chi connectivity index (χ1v) is 8.93. The number of hydrogen-bond acceptors (Lipinski definition) is 4. The maximum atomic E-state index is 12.3. The molecule has 0 fully saturated rings. The van der Waals surface area contributed by atoms with Gasteiger partial charge < -0.3 is 9.47 Å². The number of benzene rings is 3. The third-order valence-corrected chi connectivity index (χ3v) is 4.02. The van der Waals surface area contributed by atoms with Crippen LogP contribution < -0.4 is 14.9 Å². The molecule has 1 N–H and O–H groups in total. The van der Waals surface area contributed by atoms with Crippen molar-refractivity contribution in [3.63, 3.8) is 0 Å². The number of nitrogens with one attached hydrogen (secondary N) is 1. The molecule has 0 aliphatic rings. The summed E-state index contributed by atoms with van der Waals surface area (Å²) >= 11 is 0. The van der Waals surface area contributed by atoms with Crippen molar-refractivity contribution in [1.29, 1.82) is 0 Å². The zero-order chi connectivity index (χ0) is 19.1. The van der Waals surface area contributed by atoms with Gasteiger partial charge in [0.25, 0.3) is 5.91 Å². The molecule has 0 saturated heterocycles. The molecule has 0 atom stereocenters. The molecule has 3 aromatic carbocycles. The van der Waals surface area contributed by atoms with Crippen LogP contribution in [0.15, 0.2) is 65.8 Å². The van der Waals surface area contributed by atoms with Gasteiger partial charge in [-0.15, -0.1) is 0 Å². The molecule has 0 radical (unpaired) electrons. The van der Waals surface area contributed by atoms with Crippen LogP contribution in [0.1, 0.15) is 29.8 Å². The lowest BCUT2D eigenvalue weighted by atomic mass is 10.0. The first-order chi connectivity index (χ1) is 13.2. The highest BCUT2D eigenvalue weighted by atomic mass is 16.5. The van der Waals surface area contributed by atoms with E-state index in [1.54, 1.807) is 30.5 Å². The van der Waals surface area contributed by atoms with Gasteiger partial charge in [0.05, 0.1) is 19.4 Å². The minimum Gasteiger partial charge on any atom is -0.494 e. The molecule has 0 spiro atoms. The van der Waals surface area contributed by atoms with Gasteiger partial charge in [0.2, 0.25) is 0 Å². The standard InChI is InChI=1S/C22H22N2O3/c1-3-26-18-12-9-17(10-13-18)22(25)24-23-15-20-19-8-6-5-7-16(19)11-14-21(20)27-4-2/h5-15H,3-4H2,1-2H3,(H,24,25)/b23-15-. The van der Waals surface area contributed by atoms with Crippen LogP contribution in [0.2, 0.25) is 0 Å². The lowest BCUT2D eigenvalue weighted by molar-refractivity contribution is 0.0955. The van der Waals surface area contributed by atoms with Crippen LogP contribution in [0.5, 0.6) is 11.5 Å². The molecule has 0 aliphatic heterocycles. The molecule has 0 aliphatic carbocycles. The highest BCUT2D eigenvalue weighted by molar-refractivity contribution is 6.03. The van der Waals surface area contributed by atoms with E-state index in [1.807, 2.05) is 50.2 Å². The molecule has 3 rings (SSSR count). The van der Waals surface area contributed by atoms with Crippen molar-refractivity contribution in [2.75, 3.05) is 13.2 Å². The Balaban J connectivity index is 1.79. The summed E-state index contributed by atoms with van der Waals surface area (Å²) in [5, 5.41) is 6.23. The number of amides is 1. The Kier molecular flexibility index (Phi) is 6.05. The average molecular weight is 362 g/mol. The Hall–Kier alpha value is -3.34. The SMILES string of the molecule is CCOc1ccc(C(=O)N/N=C\c2c(OCC)ccc3ccccc23)cc1. The van der Waals surface area contributed by atoms with Crippen molar-refractivity contribution < 1.29 is 14.3 Å². The molecule has 1 amide bonds. The fourth-order valence-electron chi connectivity index (χ4n) is 2.78. The Morgan fingerprint density at radius 1 is 0.963 bits per heavy atom. The Morgan fingerprint density at radius 3 is 2.44 bits per heavy atom. The molecule has 0 heterocycles. The van der Waals surface area contributed by atoms with Crippen LogP contribution in [0.4, 0.5) is 0 Å². The highest BCUT2D eigenvalue weighted by Gasteiger charge is 2.08. The summed E-state index contributed by atoms with van der Waals surface area (Å²) in [6.45, 7) is 4.99. The normalized spacial score (nSPS) is 10.9. The molecule has 3 aromatic rings. The van der Waals surface area contributed by atoms with Gasteiger partial charge in [0.15, 0.2) is 0 Å². The number of carbonyl (C=O) groups excluding carboxylic acids is 1. The maximum absolute atomic E-state index is 12.3. The van der Waals surface area contributed by atoms with Crippen LogP contribution in [0.25, 0.3) is 10.8 Å². The van der Waals surface area contributed by atoms with E-state index in [0.717, 1.165) is 27.8 Å². The number of carbonyl (C=O) groups is 1. The van der Waals surface area contributed by atoms with Crippen LogP contribution >= 0.6 is 0 Å². The Bertz CT molecular complexity index is 949. The van der Waals surface area contributed by atoms with Gasteiger partial charge in [-0.25, -0.2) is 5.43 Å². The van der Waals surface area contributed by atoms with E-state index in [-0.39, 0.29) is 5.91 Å². The van der Waals surface area contributed by atoms with E-state index in [1.165, 1.54) is 0 Å². The average Bonchev–Trinajstić information content (AvgIpc) is 2.70. The topological polar surface area (TPSA) is 59.9 Å². The summed E-state index contributed by atoms with van der Waals surface area (Å²) in [4.78, 5) is 12.3. The third kappa shape index (κ3) is 4.44. The van der Waals surface area contributed by atoms with E-state index in [9.17, 15) is 4.79 Å². The fraction of sp³-hybridized carbons (Fsp3) is 0.182. The van der Waals surface area contributed by atoms with E-state index in [0.29, 0.717) is 18.8 Å². The van der Waals surface area contributed by atoms with Gasteiger partial charge >= 0.3 is 0 Å². The summed E-state index contributed by atoms with van der Waals surface area (Å²) in [6, 6.07) is 18.9. The lowest BCUT2D eigenvalue weighted by Crippen LogP contribution is -2.17. The summed E-state index contributed by atoms with van der Waals surface area (Å²) in [5.74, 6) is 1.18. The van der Waals surface area contributed by atoms with E-state index in [2.05, 4.69) is 10.5 Å². The third-order valence-electron chi connectivity index (χ3n) is 4.02. The number of ether oxygens (including phenoxy) is 2. The molecule has 5 heteroatoms. The fourth-order valence-corrected chi connectivity index (χ4v) is 2.78. The van der Waals surface area contributed by atoms with Crippen LogP contribution in [0, 0.1) is 0 Å². The van der Waals surface area contributed by atoms with E-state index in [4.69, 9.17) is 9.47 Å². The molecule has 0 bridgehead atoms. The summed E-state index contributed by atoms with van der Waals surface area (Å²) < 4.78 is 11.1. The van der Waals surface area contributed by atoms with Crippen molar-refractivity contribution >= 4 is 22.9 Å². The van der Waals surface area contributed by atoms with Gasteiger partial charge in [0, 0.05) is 11.1 Å². The van der Waals surface area contributed by atoms with Crippen molar-refractivity contribution in [3.05, 3.63) is 71.8 Å². The van der Waals surface area contributed by atoms with Crippen LogP contribution in [-0.4, -0.2) is 25.3 Å². The van der Waals surface area contributed by atoms with Crippen molar-refractivity contribution in [2.24, 2.45) is 5.10 Å². The molecule has 0 unspecified atom stereocenters. The zero-order valence-electron chi connectivity index (χ0n) is 15.4. The predicted octanol–water partition coefficient (Wildman–Crippen LogP) is 4.40. The molecule has 138 valence electrons. The van der Waals surface area contributed by atoms with Crippen molar-refractivity contribution in [1.82, 2.24) is 5.43 Å². The van der Waals surface area contributed by atoms with Crippen molar-refractivity contribution in [3.8, 4) is 11.5 Å². The van der Waals surface area contributed by atoms with Gasteiger partial charge in [-0.2, -0.15) is 5.10 Å². The highest BCUT2D eigenvalue weighted by Crippen LogP contribution is 2.26. The molecule has 27 heavy (non-hydrogen) atoms. The summed E-state index contributed by atoms with van der Waals surface area (Å²) in [7, 11) is 0. The largest absolute Gasteiger partial charge is 0.494 e. The van der Waals surface area contributed by atoms with Crippen LogP contribution in [0.3, 0.4) is 0 Å².